The number of hydroxylamine groups is 1. The van der Waals surface area contributed by atoms with E-state index >= 15 is 0 Å². The molecule has 1 aromatic rings. The second kappa shape index (κ2) is 3.80. The summed E-state index contributed by atoms with van der Waals surface area (Å²) in [6.07, 6.45) is -0.0646. The van der Waals surface area contributed by atoms with Crippen molar-refractivity contribution in [3.8, 4) is 0 Å². The zero-order valence-electron chi connectivity index (χ0n) is 8.40. The molecule has 74 valence electrons. The summed E-state index contributed by atoms with van der Waals surface area (Å²) in [6, 6.07) is 9.99. The highest BCUT2D eigenvalue weighted by Crippen LogP contribution is 2.14. The van der Waals surface area contributed by atoms with E-state index in [4.69, 9.17) is 4.84 Å². The Bertz CT molecular complexity index is 332. The maximum Gasteiger partial charge on any atom is 0.179 e. The lowest BCUT2D eigenvalue weighted by molar-refractivity contribution is 0.0107. The van der Waals surface area contributed by atoms with Gasteiger partial charge >= 0.3 is 0 Å². The van der Waals surface area contributed by atoms with E-state index in [0.29, 0.717) is 5.92 Å². The third-order valence-corrected chi connectivity index (χ3v) is 2.15. The second-order valence-corrected chi connectivity index (χ2v) is 3.70. The first kappa shape index (κ1) is 9.21. The van der Waals surface area contributed by atoms with Gasteiger partial charge in [-0.2, -0.15) is 0 Å². The average Bonchev–Trinajstić information content (AvgIpc) is 2.68. The first-order valence-electron chi connectivity index (χ1n) is 4.82. The van der Waals surface area contributed by atoms with E-state index in [1.165, 1.54) is 0 Å². The molecule has 0 amide bonds. The molecule has 0 radical (unpaired) electrons. The highest BCUT2D eigenvalue weighted by molar-refractivity contribution is 5.98. The number of hydrogen-bond donors (Lipinski definition) is 1. The molecule has 1 aliphatic rings. The highest BCUT2D eigenvalue weighted by Gasteiger charge is 2.21. The summed E-state index contributed by atoms with van der Waals surface area (Å²) in [6.45, 7) is 4.17. The maximum atomic E-state index is 5.33. The minimum absolute atomic E-state index is 0.0646. The van der Waals surface area contributed by atoms with Gasteiger partial charge in [0.15, 0.2) is 12.1 Å². The van der Waals surface area contributed by atoms with Gasteiger partial charge in [0, 0.05) is 11.5 Å². The van der Waals surface area contributed by atoms with E-state index < -0.39 is 0 Å². The number of nitrogens with zero attached hydrogens (tertiary/aromatic N) is 1. The molecule has 14 heavy (non-hydrogen) atoms. The molecule has 1 aromatic carbocycles. The molecule has 0 bridgehead atoms. The van der Waals surface area contributed by atoms with Gasteiger partial charge in [0.1, 0.15) is 0 Å². The van der Waals surface area contributed by atoms with Crippen LogP contribution in [-0.4, -0.2) is 12.1 Å². The van der Waals surface area contributed by atoms with Crippen LogP contribution in [0.4, 0.5) is 0 Å². The first-order chi connectivity index (χ1) is 6.77. The minimum atomic E-state index is -0.0646. The smallest absolute Gasteiger partial charge is 0.179 e. The second-order valence-electron chi connectivity index (χ2n) is 3.70. The monoisotopic (exact) mass is 190 g/mol. The van der Waals surface area contributed by atoms with E-state index in [-0.39, 0.29) is 6.23 Å². The van der Waals surface area contributed by atoms with Crippen LogP contribution in [0.5, 0.6) is 0 Å². The Hall–Kier alpha value is -1.35. The SMILES string of the molecule is CC(C)[C@@H]1N=C(c2ccccc2)NO1. The molecule has 1 N–H and O–H groups in total. The molecule has 0 spiro atoms. The van der Waals surface area contributed by atoms with Gasteiger partial charge in [-0.1, -0.05) is 44.2 Å². The van der Waals surface area contributed by atoms with E-state index in [1.807, 2.05) is 30.3 Å². The van der Waals surface area contributed by atoms with Crippen LogP contribution in [0.2, 0.25) is 0 Å². The van der Waals surface area contributed by atoms with Crippen LogP contribution in [0.3, 0.4) is 0 Å². The van der Waals surface area contributed by atoms with Gasteiger partial charge in [0.2, 0.25) is 0 Å². The minimum Gasteiger partial charge on any atom is -0.248 e. The number of amidine groups is 1. The molecule has 0 saturated carbocycles. The van der Waals surface area contributed by atoms with Gasteiger partial charge in [0.25, 0.3) is 0 Å². The zero-order valence-corrected chi connectivity index (χ0v) is 8.40. The van der Waals surface area contributed by atoms with Crippen LogP contribution in [0, 0.1) is 5.92 Å². The summed E-state index contributed by atoms with van der Waals surface area (Å²) in [5.74, 6) is 1.22. The molecule has 3 nitrogen and oxygen atoms in total. The van der Waals surface area contributed by atoms with Crippen molar-refractivity contribution in [3.05, 3.63) is 35.9 Å². The van der Waals surface area contributed by atoms with Crippen LogP contribution in [0.1, 0.15) is 19.4 Å². The lowest BCUT2D eigenvalue weighted by atomic mass is 10.2. The van der Waals surface area contributed by atoms with Crippen molar-refractivity contribution in [2.75, 3.05) is 0 Å². The van der Waals surface area contributed by atoms with Crippen molar-refractivity contribution < 1.29 is 4.84 Å². The highest BCUT2D eigenvalue weighted by atomic mass is 16.7. The Labute approximate surface area is 83.8 Å². The molecular formula is C11H14N2O. The van der Waals surface area contributed by atoms with Gasteiger partial charge in [-0.25, -0.2) is 15.3 Å². The van der Waals surface area contributed by atoms with Gasteiger partial charge in [0.05, 0.1) is 0 Å². The Morgan fingerprint density at radius 2 is 2.00 bits per heavy atom. The standard InChI is InChI=1S/C11H14N2O/c1-8(2)11-12-10(13-14-11)9-6-4-3-5-7-9/h3-8,11H,1-2H3,(H,12,13)/t11-/m1/s1. The Morgan fingerprint density at radius 1 is 1.29 bits per heavy atom. The fourth-order valence-electron chi connectivity index (χ4n) is 1.31. The first-order valence-corrected chi connectivity index (χ1v) is 4.82. The fraction of sp³-hybridized carbons (Fsp3) is 0.364. The summed E-state index contributed by atoms with van der Waals surface area (Å²) in [5.41, 5.74) is 3.92. The van der Waals surface area contributed by atoms with Crippen LogP contribution in [-0.2, 0) is 4.84 Å². The molecule has 0 fully saturated rings. The lowest BCUT2D eigenvalue weighted by Gasteiger charge is -2.07. The normalized spacial score (nSPS) is 20.8. The van der Waals surface area contributed by atoms with Gasteiger partial charge in [-0.15, -0.1) is 0 Å². The lowest BCUT2D eigenvalue weighted by Crippen LogP contribution is -2.21. The predicted octanol–water partition coefficient (Wildman–Crippen LogP) is 1.95. The largest absolute Gasteiger partial charge is 0.248 e. The van der Waals surface area contributed by atoms with E-state index in [9.17, 15) is 0 Å². The summed E-state index contributed by atoms with van der Waals surface area (Å²) in [5, 5.41) is 0. The molecule has 1 atom stereocenters. The van der Waals surface area contributed by atoms with E-state index in [0.717, 1.165) is 11.4 Å². The average molecular weight is 190 g/mol. The Balaban J connectivity index is 2.18. The molecular weight excluding hydrogens is 176 g/mol. The van der Waals surface area contributed by atoms with Crippen LogP contribution in [0.25, 0.3) is 0 Å². The summed E-state index contributed by atoms with van der Waals surface area (Å²) in [4.78, 5) is 9.77. The van der Waals surface area contributed by atoms with Crippen molar-refractivity contribution in [1.29, 1.82) is 0 Å². The molecule has 1 aliphatic heterocycles. The number of nitrogens with one attached hydrogen (secondary N) is 1. The molecule has 0 unspecified atom stereocenters. The molecule has 1 heterocycles. The van der Waals surface area contributed by atoms with E-state index in [1.54, 1.807) is 0 Å². The van der Waals surface area contributed by atoms with Crippen molar-refractivity contribution in [1.82, 2.24) is 5.48 Å². The van der Waals surface area contributed by atoms with Gasteiger partial charge < -0.3 is 0 Å². The Kier molecular flexibility index (Phi) is 2.50. The number of aliphatic imine (C=N–C) groups is 1. The number of rotatable bonds is 2. The molecule has 0 aromatic heterocycles. The summed E-state index contributed by atoms with van der Waals surface area (Å²) < 4.78 is 0. The van der Waals surface area contributed by atoms with Crippen molar-refractivity contribution >= 4 is 5.84 Å². The quantitative estimate of drug-likeness (QED) is 0.773. The van der Waals surface area contributed by atoms with Crippen LogP contribution in [0.15, 0.2) is 35.3 Å². The topological polar surface area (TPSA) is 33.6 Å². The Morgan fingerprint density at radius 3 is 2.57 bits per heavy atom. The van der Waals surface area contributed by atoms with Crippen LogP contribution < -0.4 is 5.48 Å². The van der Waals surface area contributed by atoms with Crippen molar-refractivity contribution in [2.45, 2.75) is 20.1 Å². The third kappa shape index (κ3) is 1.77. The van der Waals surface area contributed by atoms with Crippen LogP contribution >= 0.6 is 0 Å². The summed E-state index contributed by atoms with van der Waals surface area (Å²) in [7, 11) is 0. The predicted molar refractivity (Wildman–Crippen MR) is 55.8 cm³/mol. The zero-order chi connectivity index (χ0) is 9.97. The number of hydrogen-bond acceptors (Lipinski definition) is 3. The number of benzene rings is 1. The maximum absolute atomic E-state index is 5.33. The van der Waals surface area contributed by atoms with Crippen molar-refractivity contribution in [2.24, 2.45) is 10.9 Å². The van der Waals surface area contributed by atoms with E-state index in [2.05, 4.69) is 24.3 Å². The molecule has 2 rings (SSSR count). The molecule has 0 aliphatic carbocycles. The van der Waals surface area contributed by atoms with Gasteiger partial charge in [-0.05, 0) is 0 Å². The summed E-state index contributed by atoms with van der Waals surface area (Å²) >= 11 is 0. The van der Waals surface area contributed by atoms with Crippen molar-refractivity contribution in [3.63, 3.8) is 0 Å². The third-order valence-electron chi connectivity index (χ3n) is 2.15. The molecule has 3 heteroatoms. The molecule has 0 saturated heterocycles. The van der Waals surface area contributed by atoms with Gasteiger partial charge in [-0.3, -0.25) is 0 Å². The fourth-order valence-corrected chi connectivity index (χ4v) is 1.31.